The number of allylic oxidation sites excluding steroid dienone is 1. The lowest BCUT2D eigenvalue weighted by atomic mass is 10.0. The number of aromatic nitrogens is 1. The highest BCUT2D eigenvalue weighted by Gasteiger charge is 2.38. The SMILES string of the molecule is COCCNc1cc(C(F)(F)F)c2c(n1)N(c1ccccc1)C(Nc1ccccc1)=CC(=O)C2. The number of pyridine rings is 1. The van der Waals surface area contributed by atoms with Gasteiger partial charge in [0.1, 0.15) is 17.5 Å². The Morgan fingerprint density at radius 3 is 2.38 bits per heavy atom. The number of anilines is 4. The zero-order chi connectivity index (χ0) is 24.1. The number of benzene rings is 2. The molecule has 2 aromatic carbocycles. The number of hydrogen-bond donors (Lipinski definition) is 2. The minimum Gasteiger partial charge on any atom is -0.383 e. The van der Waals surface area contributed by atoms with Gasteiger partial charge in [-0.15, -0.1) is 0 Å². The van der Waals surface area contributed by atoms with Crippen LogP contribution in [0.1, 0.15) is 11.1 Å². The van der Waals surface area contributed by atoms with E-state index in [0.29, 0.717) is 23.8 Å². The maximum atomic E-state index is 14.1. The maximum absolute atomic E-state index is 14.1. The molecule has 0 spiro atoms. The third-order valence-electron chi connectivity index (χ3n) is 5.18. The summed E-state index contributed by atoms with van der Waals surface area (Å²) in [6.45, 7) is 0.566. The van der Waals surface area contributed by atoms with E-state index in [0.717, 1.165) is 6.07 Å². The molecule has 6 nitrogen and oxygen atoms in total. The fraction of sp³-hybridized carbons (Fsp3) is 0.200. The van der Waals surface area contributed by atoms with Crippen LogP contribution in [0, 0.1) is 0 Å². The van der Waals surface area contributed by atoms with Crippen molar-refractivity contribution in [3.63, 3.8) is 0 Å². The van der Waals surface area contributed by atoms with Gasteiger partial charge < -0.3 is 15.4 Å². The summed E-state index contributed by atoms with van der Waals surface area (Å²) in [4.78, 5) is 18.9. The summed E-state index contributed by atoms with van der Waals surface area (Å²) in [5.74, 6) is -0.0970. The molecule has 0 radical (unpaired) electrons. The monoisotopic (exact) mass is 468 g/mol. The van der Waals surface area contributed by atoms with Crippen LogP contribution in [0.5, 0.6) is 0 Å². The van der Waals surface area contributed by atoms with E-state index in [1.807, 2.05) is 18.2 Å². The molecule has 9 heteroatoms. The van der Waals surface area contributed by atoms with Gasteiger partial charge in [-0.05, 0) is 30.3 Å². The summed E-state index contributed by atoms with van der Waals surface area (Å²) in [6.07, 6.45) is -3.79. The van der Waals surface area contributed by atoms with E-state index >= 15 is 0 Å². The zero-order valence-electron chi connectivity index (χ0n) is 18.4. The van der Waals surface area contributed by atoms with Crippen molar-refractivity contribution in [1.82, 2.24) is 4.98 Å². The molecule has 1 aromatic heterocycles. The second-order valence-electron chi connectivity index (χ2n) is 7.61. The number of carbonyl (C=O) groups is 1. The van der Waals surface area contributed by atoms with Crippen LogP contribution >= 0.6 is 0 Å². The van der Waals surface area contributed by atoms with E-state index in [4.69, 9.17) is 4.74 Å². The lowest BCUT2D eigenvalue weighted by Crippen LogP contribution is -2.25. The highest BCUT2D eigenvalue weighted by Crippen LogP contribution is 2.42. The average molecular weight is 468 g/mol. The third-order valence-corrected chi connectivity index (χ3v) is 5.18. The molecule has 176 valence electrons. The number of ether oxygens (including phenoxy) is 1. The third kappa shape index (κ3) is 5.20. The molecule has 1 aliphatic heterocycles. The zero-order valence-corrected chi connectivity index (χ0v) is 18.4. The van der Waals surface area contributed by atoms with Crippen molar-refractivity contribution in [2.75, 3.05) is 35.8 Å². The number of rotatable bonds is 7. The predicted molar refractivity (Wildman–Crippen MR) is 125 cm³/mol. The first-order chi connectivity index (χ1) is 16.4. The van der Waals surface area contributed by atoms with Crippen molar-refractivity contribution < 1.29 is 22.7 Å². The van der Waals surface area contributed by atoms with Gasteiger partial charge in [0, 0.05) is 43.1 Å². The number of alkyl halides is 3. The van der Waals surface area contributed by atoms with Crippen LogP contribution in [-0.4, -0.2) is 31.0 Å². The highest BCUT2D eigenvalue weighted by molar-refractivity contribution is 5.97. The molecule has 4 rings (SSSR count). The summed E-state index contributed by atoms with van der Waals surface area (Å²) in [5.41, 5.74) is 0.153. The van der Waals surface area contributed by atoms with Gasteiger partial charge in [-0.2, -0.15) is 13.2 Å². The molecule has 2 N–H and O–H groups in total. The number of hydrogen-bond acceptors (Lipinski definition) is 6. The number of fused-ring (bicyclic) bond motifs is 1. The van der Waals surface area contributed by atoms with Gasteiger partial charge in [0.15, 0.2) is 5.78 Å². The molecule has 1 aliphatic rings. The Labute approximate surface area is 195 Å². The van der Waals surface area contributed by atoms with Gasteiger partial charge in [-0.25, -0.2) is 4.98 Å². The number of nitrogens with one attached hydrogen (secondary N) is 2. The molecule has 0 atom stereocenters. The summed E-state index contributed by atoms with van der Waals surface area (Å²) >= 11 is 0. The van der Waals surface area contributed by atoms with Crippen molar-refractivity contribution in [1.29, 1.82) is 0 Å². The molecule has 0 fully saturated rings. The highest BCUT2D eigenvalue weighted by atomic mass is 19.4. The van der Waals surface area contributed by atoms with Crippen molar-refractivity contribution >= 4 is 28.8 Å². The number of nitrogens with zero attached hydrogens (tertiary/aromatic N) is 2. The summed E-state index contributed by atoms with van der Waals surface area (Å²) in [7, 11) is 1.50. The van der Waals surface area contributed by atoms with Gasteiger partial charge in [0.2, 0.25) is 0 Å². The van der Waals surface area contributed by atoms with Crippen molar-refractivity contribution in [2.24, 2.45) is 0 Å². The topological polar surface area (TPSA) is 66.5 Å². The van der Waals surface area contributed by atoms with Crippen molar-refractivity contribution in [3.8, 4) is 0 Å². The van der Waals surface area contributed by atoms with Gasteiger partial charge in [-0.3, -0.25) is 9.69 Å². The largest absolute Gasteiger partial charge is 0.416 e. The van der Waals surface area contributed by atoms with Crippen LogP contribution in [0.4, 0.5) is 36.2 Å². The van der Waals surface area contributed by atoms with E-state index in [9.17, 15) is 18.0 Å². The Bertz CT molecular complexity index is 1180. The lowest BCUT2D eigenvalue weighted by Gasteiger charge is -2.29. The number of ketones is 1. The fourth-order valence-electron chi connectivity index (χ4n) is 3.70. The first-order valence-electron chi connectivity index (χ1n) is 10.6. The Balaban J connectivity index is 1.92. The second kappa shape index (κ2) is 9.96. The molecule has 0 unspecified atom stereocenters. The Kier molecular flexibility index (Phi) is 6.83. The van der Waals surface area contributed by atoms with Crippen LogP contribution in [0.3, 0.4) is 0 Å². The number of carbonyl (C=O) groups excluding carboxylic acids is 1. The van der Waals surface area contributed by atoms with Crippen LogP contribution < -0.4 is 15.5 Å². The molecule has 34 heavy (non-hydrogen) atoms. The first-order valence-corrected chi connectivity index (χ1v) is 10.6. The number of para-hydroxylation sites is 2. The van der Waals surface area contributed by atoms with Crippen LogP contribution in [0.15, 0.2) is 78.6 Å². The first kappa shape index (κ1) is 23.3. The van der Waals surface area contributed by atoms with Gasteiger partial charge in [0.05, 0.1) is 12.2 Å². The van der Waals surface area contributed by atoms with Gasteiger partial charge in [0.25, 0.3) is 0 Å². The fourth-order valence-corrected chi connectivity index (χ4v) is 3.70. The number of methoxy groups -OCH3 is 1. The van der Waals surface area contributed by atoms with E-state index in [1.165, 1.54) is 13.2 Å². The minimum absolute atomic E-state index is 0.0291. The standard InChI is InChI=1S/C25H23F3N4O2/c1-34-13-12-29-22-16-21(25(26,27)28)20-14-19(33)15-23(30-17-8-4-2-5-9-17)32(24(20)31-22)18-10-6-3-7-11-18/h2-11,15-16,30H,12-14H2,1H3,(H,29,31). The van der Waals surface area contributed by atoms with E-state index < -0.39 is 23.9 Å². The van der Waals surface area contributed by atoms with E-state index in [-0.39, 0.29) is 23.7 Å². The second-order valence-corrected chi connectivity index (χ2v) is 7.61. The normalized spacial score (nSPS) is 13.7. The minimum atomic E-state index is -4.68. The van der Waals surface area contributed by atoms with Crippen LogP contribution in [0.25, 0.3) is 0 Å². The Morgan fingerprint density at radius 1 is 1.06 bits per heavy atom. The van der Waals surface area contributed by atoms with Crippen molar-refractivity contribution in [2.45, 2.75) is 12.6 Å². The molecule has 0 bridgehead atoms. The summed E-state index contributed by atoms with van der Waals surface area (Å²) < 4.78 is 47.4. The molecule has 0 saturated carbocycles. The van der Waals surface area contributed by atoms with Crippen LogP contribution in [-0.2, 0) is 22.1 Å². The molecule has 0 amide bonds. The Hall–Kier alpha value is -3.85. The molecular formula is C25H23F3N4O2. The van der Waals surface area contributed by atoms with E-state index in [2.05, 4.69) is 15.6 Å². The molecular weight excluding hydrogens is 445 g/mol. The Morgan fingerprint density at radius 2 is 1.74 bits per heavy atom. The van der Waals surface area contributed by atoms with Crippen LogP contribution in [0.2, 0.25) is 0 Å². The van der Waals surface area contributed by atoms with Gasteiger partial charge >= 0.3 is 6.18 Å². The van der Waals surface area contributed by atoms with E-state index in [1.54, 1.807) is 47.4 Å². The summed E-state index contributed by atoms with van der Waals surface area (Å²) in [5, 5.41) is 6.06. The smallest absolute Gasteiger partial charge is 0.383 e. The molecule has 2 heterocycles. The van der Waals surface area contributed by atoms with Crippen molar-refractivity contribution in [3.05, 3.63) is 89.8 Å². The number of halogens is 3. The molecule has 3 aromatic rings. The quantitative estimate of drug-likeness (QED) is 0.454. The van der Waals surface area contributed by atoms with Gasteiger partial charge in [-0.1, -0.05) is 36.4 Å². The molecule has 0 aliphatic carbocycles. The molecule has 0 saturated heterocycles. The summed E-state index contributed by atoms with van der Waals surface area (Å²) in [6, 6.07) is 18.9. The average Bonchev–Trinajstić information content (AvgIpc) is 2.94. The maximum Gasteiger partial charge on any atom is 0.416 e. The lowest BCUT2D eigenvalue weighted by molar-refractivity contribution is -0.138. The predicted octanol–water partition coefficient (Wildman–Crippen LogP) is 5.38.